The van der Waals surface area contributed by atoms with E-state index in [-0.39, 0.29) is 18.1 Å². The Morgan fingerprint density at radius 3 is 3.15 bits per heavy atom. The summed E-state index contributed by atoms with van der Waals surface area (Å²) in [7, 11) is 0. The van der Waals surface area contributed by atoms with Crippen LogP contribution < -0.4 is 5.32 Å². The zero-order valence-electron chi connectivity index (χ0n) is 7.95. The van der Waals surface area contributed by atoms with Crippen LogP contribution in [0.2, 0.25) is 0 Å². The van der Waals surface area contributed by atoms with E-state index in [1.54, 1.807) is 6.92 Å². The number of rotatable bonds is 1. The first-order chi connectivity index (χ1) is 6.25. The molecule has 3 atom stereocenters. The molecule has 74 valence electrons. The van der Waals surface area contributed by atoms with E-state index in [4.69, 9.17) is 4.74 Å². The van der Waals surface area contributed by atoms with Gasteiger partial charge in [0.1, 0.15) is 0 Å². The number of piperidine rings is 1. The summed E-state index contributed by atoms with van der Waals surface area (Å²) in [6.45, 7) is 5.48. The largest absolute Gasteiger partial charge is 0.373 e. The highest BCUT2D eigenvalue weighted by Crippen LogP contribution is 2.17. The highest BCUT2D eigenvalue weighted by Gasteiger charge is 2.33. The van der Waals surface area contributed by atoms with Crippen molar-refractivity contribution in [1.29, 1.82) is 0 Å². The fraction of sp³-hybridized carbons (Fsp3) is 0.889. The molecule has 0 aliphatic carbocycles. The summed E-state index contributed by atoms with van der Waals surface area (Å²) in [6, 6.07) is 0.231. The number of nitrogens with zero attached hydrogens (tertiary/aromatic N) is 1. The van der Waals surface area contributed by atoms with Gasteiger partial charge < -0.3 is 10.1 Å². The van der Waals surface area contributed by atoms with E-state index in [0.717, 1.165) is 32.7 Å². The molecule has 2 fully saturated rings. The van der Waals surface area contributed by atoms with Gasteiger partial charge >= 0.3 is 0 Å². The number of fused-ring (bicyclic) bond motifs is 2. The van der Waals surface area contributed by atoms with E-state index in [2.05, 4.69) is 10.2 Å². The molecule has 0 aromatic heterocycles. The average molecular weight is 184 g/mol. The molecule has 2 heterocycles. The molecule has 2 saturated heterocycles. The third kappa shape index (κ3) is 2.00. The molecule has 13 heavy (non-hydrogen) atoms. The lowest BCUT2D eigenvalue weighted by Crippen LogP contribution is -2.58. The molecule has 2 bridgehead atoms. The monoisotopic (exact) mass is 184 g/mol. The summed E-state index contributed by atoms with van der Waals surface area (Å²) < 4.78 is 5.61. The van der Waals surface area contributed by atoms with Crippen molar-refractivity contribution in [2.75, 3.05) is 26.2 Å². The van der Waals surface area contributed by atoms with Gasteiger partial charge in [-0.25, -0.2) is 0 Å². The van der Waals surface area contributed by atoms with Crippen LogP contribution in [0, 0.1) is 0 Å². The van der Waals surface area contributed by atoms with E-state index in [1.165, 1.54) is 0 Å². The molecule has 4 nitrogen and oxygen atoms in total. The van der Waals surface area contributed by atoms with Crippen LogP contribution in [0.1, 0.15) is 13.3 Å². The van der Waals surface area contributed by atoms with Crippen molar-refractivity contribution in [1.82, 2.24) is 10.2 Å². The van der Waals surface area contributed by atoms with Crippen molar-refractivity contribution in [3.8, 4) is 0 Å². The van der Waals surface area contributed by atoms with Gasteiger partial charge in [0.05, 0.1) is 18.8 Å². The lowest BCUT2D eigenvalue weighted by atomic mass is 10.0. The third-order valence-corrected chi connectivity index (χ3v) is 2.77. The second-order valence-electron chi connectivity index (χ2n) is 3.81. The Bertz CT molecular complexity index is 208. The van der Waals surface area contributed by atoms with Crippen LogP contribution >= 0.6 is 0 Å². The second kappa shape index (κ2) is 3.64. The Labute approximate surface area is 78.2 Å². The second-order valence-corrected chi connectivity index (χ2v) is 3.81. The first-order valence-corrected chi connectivity index (χ1v) is 4.87. The fourth-order valence-corrected chi connectivity index (χ4v) is 2.11. The number of carbonyl (C=O) groups excluding carboxylic acids is 1. The highest BCUT2D eigenvalue weighted by molar-refractivity contribution is 5.73. The first-order valence-electron chi connectivity index (χ1n) is 4.87. The quantitative estimate of drug-likeness (QED) is 0.602. The van der Waals surface area contributed by atoms with Crippen molar-refractivity contribution >= 4 is 5.91 Å². The standard InChI is InChI=1S/C9H16N2O2/c1-7(12)10-8-2-3-11-4-5-13-9(8)6-11/h8-9H,2-6H2,1H3,(H,10,12)/t8-,9-/m0/s1. The molecule has 1 N–H and O–H groups in total. The molecule has 1 unspecified atom stereocenters. The summed E-state index contributed by atoms with van der Waals surface area (Å²) in [4.78, 5) is 13.3. The summed E-state index contributed by atoms with van der Waals surface area (Å²) in [5.41, 5.74) is 0. The van der Waals surface area contributed by atoms with Crippen LogP contribution in [0.5, 0.6) is 0 Å². The molecular weight excluding hydrogens is 168 g/mol. The maximum absolute atomic E-state index is 10.9. The lowest BCUT2D eigenvalue weighted by Gasteiger charge is -2.42. The topological polar surface area (TPSA) is 41.6 Å². The summed E-state index contributed by atoms with van der Waals surface area (Å²) in [6.07, 6.45) is 1.23. The van der Waals surface area contributed by atoms with Crippen LogP contribution in [0.25, 0.3) is 0 Å². The summed E-state index contributed by atoms with van der Waals surface area (Å²) >= 11 is 0. The van der Waals surface area contributed by atoms with Crippen LogP contribution in [0.3, 0.4) is 0 Å². The first kappa shape index (κ1) is 8.97. The molecule has 2 aliphatic heterocycles. The van der Waals surface area contributed by atoms with Gasteiger partial charge in [-0.05, 0) is 6.42 Å². The smallest absolute Gasteiger partial charge is 0.217 e. The van der Waals surface area contributed by atoms with Crippen molar-refractivity contribution < 1.29 is 9.53 Å². The molecule has 0 radical (unpaired) electrons. The molecule has 0 aromatic carbocycles. The van der Waals surface area contributed by atoms with Crippen molar-refractivity contribution in [2.45, 2.75) is 25.5 Å². The maximum Gasteiger partial charge on any atom is 0.217 e. The molecular formula is C9H16N2O2. The van der Waals surface area contributed by atoms with Gasteiger partial charge in [0.15, 0.2) is 0 Å². The summed E-state index contributed by atoms with van der Waals surface area (Å²) in [5, 5.41) is 2.95. The van der Waals surface area contributed by atoms with E-state index >= 15 is 0 Å². The predicted molar refractivity (Wildman–Crippen MR) is 48.4 cm³/mol. The zero-order chi connectivity index (χ0) is 9.26. The normalized spacial score (nSPS) is 38.4. The number of amides is 1. The minimum absolute atomic E-state index is 0.0487. The van der Waals surface area contributed by atoms with Gasteiger partial charge in [-0.15, -0.1) is 0 Å². The number of nitrogens with one attached hydrogen (secondary N) is 1. The minimum atomic E-state index is 0.0487. The van der Waals surface area contributed by atoms with Gasteiger partial charge in [0.2, 0.25) is 5.91 Å². The molecule has 1 amide bonds. The van der Waals surface area contributed by atoms with Crippen molar-refractivity contribution in [3.05, 3.63) is 0 Å². The van der Waals surface area contributed by atoms with E-state index in [9.17, 15) is 4.79 Å². The molecule has 0 spiro atoms. The van der Waals surface area contributed by atoms with Crippen LogP contribution in [0.4, 0.5) is 0 Å². The molecule has 4 heteroatoms. The third-order valence-electron chi connectivity index (χ3n) is 2.77. The van der Waals surface area contributed by atoms with Gasteiger partial charge in [-0.1, -0.05) is 0 Å². The minimum Gasteiger partial charge on any atom is -0.373 e. The molecule has 0 aromatic rings. The number of morpholine rings is 1. The van der Waals surface area contributed by atoms with Crippen LogP contribution in [-0.4, -0.2) is 49.2 Å². The van der Waals surface area contributed by atoms with Crippen LogP contribution in [-0.2, 0) is 9.53 Å². The Balaban J connectivity index is 1.93. The zero-order valence-corrected chi connectivity index (χ0v) is 7.95. The number of hydrogen-bond acceptors (Lipinski definition) is 3. The van der Waals surface area contributed by atoms with Crippen molar-refractivity contribution in [3.63, 3.8) is 0 Å². The van der Waals surface area contributed by atoms with Gasteiger partial charge in [-0.3, -0.25) is 9.69 Å². The molecule has 0 saturated carbocycles. The Morgan fingerprint density at radius 1 is 1.54 bits per heavy atom. The predicted octanol–water partition coefficient (Wildman–Crippen LogP) is -0.404. The van der Waals surface area contributed by atoms with Crippen molar-refractivity contribution in [2.24, 2.45) is 0 Å². The van der Waals surface area contributed by atoms with E-state index < -0.39 is 0 Å². The van der Waals surface area contributed by atoms with Crippen LogP contribution in [0.15, 0.2) is 0 Å². The number of hydrogen-bond donors (Lipinski definition) is 1. The summed E-state index contributed by atoms with van der Waals surface area (Å²) in [5.74, 6) is 0.0487. The molecule has 2 aliphatic rings. The van der Waals surface area contributed by atoms with Gasteiger partial charge in [0.25, 0.3) is 0 Å². The Hall–Kier alpha value is -0.610. The highest BCUT2D eigenvalue weighted by atomic mass is 16.5. The van der Waals surface area contributed by atoms with Gasteiger partial charge in [0, 0.05) is 26.6 Å². The SMILES string of the molecule is CC(=O)N[C@H]1CCN2CCO[C@H]1C2. The average Bonchev–Trinajstić information content (AvgIpc) is 2.10. The Morgan fingerprint density at radius 2 is 2.38 bits per heavy atom. The van der Waals surface area contributed by atoms with Gasteiger partial charge in [-0.2, -0.15) is 0 Å². The fourth-order valence-electron chi connectivity index (χ4n) is 2.11. The van der Waals surface area contributed by atoms with E-state index in [0.29, 0.717) is 0 Å². The van der Waals surface area contributed by atoms with E-state index in [1.807, 2.05) is 0 Å². The Kier molecular flexibility index (Phi) is 2.51. The lowest BCUT2D eigenvalue weighted by molar-refractivity contribution is -0.124. The number of carbonyl (C=O) groups is 1. The number of ether oxygens (including phenoxy) is 1. The maximum atomic E-state index is 10.9. The molecule has 2 rings (SSSR count).